The SMILES string of the molecule is Cc1c(C2(O)CC[C@H]3[C@@H]4CCC5=CCC(O)C[C@]5(C)[C@@H]4CC[C@@]32C)ccc(O)c1OCCN1CCCC1. The van der Waals surface area contributed by atoms with Gasteiger partial charge in [0.1, 0.15) is 6.61 Å². The maximum atomic E-state index is 12.5. The summed E-state index contributed by atoms with van der Waals surface area (Å²) in [6.45, 7) is 10.5. The number of likely N-dealkylation sites (tertiary alicyclic amines) is 1. The molecule has 1 aliphatic heterocycles. The number of phenols is 1. The van der Waals surface area contributed by atoms with Crippen LogP contribution in [0.3, 0.4) is 0 Å². The third-order valence-electron chi connectivity index (χ3n) is 11.9. The molecule has 37 heavy (non-hydrogen) atoms. The Morgan fingerprint density at radius 3 is 2.59 bits per heavy atom. The van der Waals surface area contributed by atoms with Crippen LogP contribution in [-0.4, -0.2) is 52.6 Å². The fraction of sp³-hybridized carbons (Fsp3) is 0.750. The highest BCUT2D eigenvalue weighted by molar-refractivity contribution is 5.52. The summed E-state index contributed by atoms with van der Waals surface area (Å²) in [6.07, 6.45) is 12.6. The molecule has 0 aromatic heterocycles. The Balaban J connectivity index is 1.26. The number of benzene rings is 1. The average molecular weight is 510 g/mol. The maximum absolute atomic E-state index is 12.5. The smallest absolute Gasteiger partial charge is 0.164 e. The molecule has 2 unspecified atom stereocenters. The first-order valence-electron chi connectivity index (χ1n) is 15.0. The summed E-state index contributed by atoms with van der Waals surface area (Å²) < 4.78 is 6.18. The number of rotatable bonds is 5. The number of aromatic hydroxyl groups is 1. The minimum absolute atomic E-state index is 0.105. The predicted molar refractivity (Wildman–Crippen MR) is 146 cm³/mol. The molecule has 1 heterocycles. The van der Waals surface area contributed by atoms with Gasteiger partial charge in [-0.15, -0.1) is 0 Å². The van der Waals surface area contributed by atoms with Gasteiger partial charge in [0.25, 0.3) is 0 Å². The first kappa shape index (κ1) is 25.7. The van der Waals surface area contributed by atoms with Crippen molar-refractivity contribution in [1.29, 1.82) is 0 Å². The summed E-state index contributed by atoms with van der Waals surface area (Å²) in [5.41, 5.74) is 2.41. The van der Waals surface area contributed by atoms with E-state index in [0.29, 0.717) is 30.1 Å². The Morgan fingerprint density at radius 2 is 1.81 bits per heavy atom. The van der Waals surface area contributed by atoms with Crippen molar-refractivity contribution in [3.05, 3.63) is 34.9 Å². The normalized spacial score (nSPS) is 41.6. The maximum Gasteiger partial charge on any atom is 0.164 e. The van der Waals surface area contributed by atoms with E-state index in [2.05, 4.69) is 24.8 Å². The first-order valence-corrected chi connectivity index (χ1v) is 15.0. The zero-order valence-electron chi connectivity index (χ0n) is 23.1. The monoisotopic (exact) mass is 509 g/mol. The van der Waals surface area contributed by atoms with Crippen molar-refractivity contribution in [3.63, 3.8) is 0 Å². The van der Waals surface area contributed by atoms with Gasteiger partial charge in [-0.3, -0.25) is 4.90 Å². The Kier molecular flexibility index (Phi) is 6.44. The minimum Gasteiger partial charge on any atom is -0.504 e. The van der Waals surface area contributed by atoms with Gasteiger partial charge >= 0.3 is 0 Å². The van der Waals surface area contributed by atoms with Crippen LogP contribution in [0, 0.1) is 35.5 Å². The van der Waals surface area contributed by atoms with Crippen LogP contribution in [0.2, 0.25) is 0 Å². The van der Waals surface area contributed by atoms with Crippen LogP contribution in [0.5, 0.6) is 11.5 Å². The molecule has 204 valence electrons. The summed E-state index contributed by atoms with van der Waals surface area (Å²) in [5, 5.41) is 33.8. The quantitative estimate of drug-likeness (QED) is 0.445. The van der Waals surface area contributed by atoms with E-state index < -0.39 is 5.60 Å². The van der Waals surface area contributed by atoms with Crippen LogP contribution in [0.4, 0.5) is 0 Å². The molecule has 5 nitrogen and oxygen atoms in total. The molecule has 0 bridgehead atoms. The van der Waals surface area contributed by atoms with E-state index in [1.807, 2.05) is 13.0 Å². The molecular formula is C32H47NO4. The Bertz CT molecular complexity index is 1060. The predicted octanol–water partition coefficient (Wildman–Crippen LogP) is 5.69. The largest absolute Gasteiger partial charge is 0.504 e. The average Bonchev–Trinajstić information content (AvgIpc) is 3.47. The second-order valence-corrected chi connectivity index (χ2v) is 13.5. The number of hydrogen-bond donors (Lipinski definition) is 3. The Labute approximate surface area is 222 Å². The highest BCUT2D eigenvalue weighted by Gasteiger charge is 2.64. The third-order valence-corrected chi connectivity index (χ3v) is 11.9. The Hall–Kier alpha value is -1.56. The van der Waals surface area contributed by atoms with E-state index in [4.69, 9.17) is 4.74 Å². The number of nitrogens with zero attached hydrogens (tertiary/aromatic N) is 1. The van der Waals surface area contributed by atoms with Gasteiger partial charge in [0.2, 0.25) is 0 Å². The van der Waals surface area contributed by atoms with Crippen molar-refractivity contribution in [1.82, 2.24) is 4.90 Å². The van der Waals surface area contributed by atoms with Gasteiger partial charge < -0.3 is 20.1 Å². The molecule has 0 spiro atoms. The summed E-state index contributed by atoms with van der Waals surface area (Å²) in [7, 11) is 0. The van der Waals surface area contributed by atoms with Gasteiger partial charge in [0.05, 0.1) is 11.7 Å². The highest BCUT2D eigenvalue weighted by Crippen LogP contribution is 2.70. The van der Waals surface area contributed by atoms with Crippen molar-refractivity contribution in [2.75, 3.05) is 26.2 Å². The fourth-order valence-corrected chi connectivity index (χ4v) is 9.84. The Morgan fingerprint density at radius 1 is 1.05 bits per heavy atom. The number of fused-ring (bicyclic) bond motifs is 5. The molecule has 4 fully saturated rings. The number of aliphatic hydroxyl groups is 2. The van der Waals surface area contributed by atoms with E-state index in [0.717, 1.165) is 75.7 Å². The molecule has 6 rings (SSSR count). The lowest BCUT2D eigenvalue weighted by Crippen LogP contribution is -2.54. The fourth-order valence-electron chi connectivity index (χ4n) is 9.84. The summed E-state index contributed by atoms with van der Waals surface area (Å²) in [6, 6.07) is 3.69. The molecule has 7 atom stereocenters. The zero-order chi connectivity index (χ0) is 26.0. The number of aliphatic hydroxyl groups excluding tert-OH is 1. The van der Waals surface area contributed by atoms with E-state index in [-0.39, 0.29) is 22.7 Å². The van der Waals surface area contributed by atoms with Gasteiger partial charge in [-0.05, 0) is 119 Å². The molecule has 5 aliphatic rings. The number of phenolic OH excluding ortho intramolecular Hbond substituents is 1. The van der Waals surface area contributed by atoms with Gasteiger partial charge in [-0.2, -0.15) is 0 Å². The van der Waals surface area contributed by atoms with Crippen molar-refractivity contribution in [2.24, 2.45) is 28.6 Å². The number of ether oxygens (including phenoxy) is 1. The molecule has 3 N–H and O–H groups in total. The molecule has 0 amide bonds. The zero-order valence-corrected chi connectivity index (χ0v) is 23.1. The van der Waals surface area contributed by atoms with Crippen LogP contribution in [0.15, 0.2) is 23.8 Å². The molecule has 0 radical (unpaired) electrons. The highest BCUT2D eigenvalue weighted by atomic mass is 16.5. The molecule has 5 heteroatoms. The minimum atomic E-state index is -0.920. The number of hydrogen-bond acceptors (Lipinski definition) is 5. The summed E-state index contributed by atoms with van der Waals surface area (Å²) in [5.74, 6) is 2.37. The number of allylic oxidation sites excluding steroid dienone is 1. The standard InChI is InChI=1S/C32H47NO4/c1-21-25(10-11-28(35)29(21)37-19-18-33-16-4-5-17-33)32(36)15-13-27-24-9-7-22-6-8-23(34)20-30(22,2)26(24)12-14-31(27,32)3/h6,10-11,23-24,26-27,34-36H,4-5,7-9,12-20H2,1-3H3/t23?,24-,26-,27+,30+,31+,32?/m1/s1. The molecule has 4 aliphatic carbocycles. The molecule has 1 saturated heterocycles. The first-order chi connectivity index (χ1) is 17.7. The van der Waals surface area contributed by atoms with Crippen molar-refractivity contribution in [2.45, 2.75) is 96.7 Å². The lowest BCUT2D eigenvalue weighted by molar-refractivity contribution is -0.135. The molecule has 1 aromatic rings. The molecule has 1 aromatic carbocycles. The van der Waals surface area contributed by atoms with Crippen LogP contribution < -0.4 is 4.74 Å². The topological polar surface area (TPSA) is 73.2 Å². The second-order valence-electron chi connectivity index (χ2n) is 13.5. The van der Waals surface area contributed by atoms with Gasteiger partial charge in [-0.1, -0.05) is 31.6 Å². The third kappa shape index (κ3) is 3.90. The second kappa shape index (κ2) is 9.27. The van der Waals surface area contributed by atoms with Crippen LogP contribution in [-0.2, 0) is 5.60 Å². The summed E-state index contributed by atoms with van der Waals surface area (Å²) in [4.78, 5) is 2.42. The summed E-state index contributed by atoms with van der Waals surface area (Å²) >= 11 is 0. The van der Waals surface area contributed by atoms with E-state index in [1.54, 1.807) is 11.6 Å². The van der Waals surface area contributed by atoms with Crippen molar-refractivity contribution >= 4 is 0 Å². The van der Waals surface area contributed by atoms with E-state index in [9.17, 15) is 15.3 Å². The van der Waals surface area contributed by atoms with Crippen LogP contribution in [0.1, 0.15) is 89.2 Å². The van der Waals surface area contributed by atoms with Crippen molar-refractivity contribution in [3.8, 4) is 11.5 Å². The van der Waals surface area contributed by atoms with E-state index >= 15 is 0 Å². The van der Waals surface area contributed by atoms with Crippen LogP contribution >= 0.6 is 0 Å². The van der Waals surface area contributed by atoms with Crippen molar-refractivity contribution < 1.29 is 20.1 Å². The molecule has 3 saturated carbocycles. The molecular weight excluding hydrogens is 462 g/mol. The lowest BCUT2D eigenvalue weighted by Gasteiger charge is -2.59. The van der Waals surface area contributed by atoms with E-state index in [1.165, 1.54) is 19.3 Å². The van der Waals surface area contributed by atoms with Gasteiger partial charge in [0.15, 0.2) is 11.5 Å². The van der Waals surface area contributed by atoms with Gasteiger partial charge in [-0.25, -0.2) is 0 Å². The lowest BCUT2D eigenvalue weighted by atomic mass is 9.46. The van der Waals surface area contributed by atoms with Gasteiger partial charge in [0, 0.05) is 17.5 Å². The van der Waals surface area contributed by atoms with Crippen LogP contribution in [0.25, 0.3) is 0 Å².